The molecule has 2 heterocycles. The first-order valence-electron chi connectivity index (χ1n) is 9.18. The van der Waals surface area contributed by atoms with Crippen molar-refractivity contribution in [2.45, 2.75) is 6.54 Å². The van der Waals surface area contributed by atoms with Gasteiger partial charge in [0.05, 0.1) is 21.7 Å². The molecular formula is C22H15BrN4O3S. The molecule has 0 aliphatic heterocycles. The van der Waals surface area contributed by atoms with Gasteiger partial charge in [-0.1, -0.05) is 45.5 Å². The van der Waals surface area contributed by atoms with Crippen molar-refractivity contribution in [2.75, 3.05) is 4.90 Å². The van der Waals surface area contributed by atoms with Gasteiger partial charge in [0, 0.05) is 35.1 Å². The number of hydrogen-bond acceptors (Lipinski definition) is 6. The minimum Gasteiger partial charge on any atom is -0.280 e. The van der Waals surface area contributed by atoms with Crippen LogP contribution in [0, 0.1) is 10.1 Å². The number of pyridine rings is 1. The molecule has 9 heteroatoms. The molecule has 0 aliphatic carbocycles. The Hall–Kier alpha value is -3.43. The van der Waals surface area contributed by atoms with E-state index in [1.807, 2.05) is 30.3 Å². The molecule has 7 nitrogen and oxygen atoms in total. The highest BCUT2D eigenvalue weighted by atomic mass is 79.9. The lowest BCUT2D eigenvalue weighted by Gasteiger charge is -2.18. The van der Waals surface area contributed by atoms with Crippen LogP contribution in [-0.4, -0.2) is 20.8 Å². The molecule has 0 aliphatic rings. The smallest absolute Gasteiger partial charge is 0.270 e. The summed E-state index contributed by atoms with van der Waals surface area (Å²) < 4.78 is 1.89. The summed E-state index contributed by atoms with van der Waals surface area (Å²) in [6.45, 7) is 0.299. The normalized spacial score (nSPS) is 11.1. The molecule has 2 aromatic heterocycles. The third-order valence-electron chi connectivity index (χ3n) is 4.40. The second kappa shape index (κ2) is 9.15. The Morgan fingerprint density at radius 2 is 2.06 bits per heavy atom. The molecule has 0 saturated heterocycles. The first-order chi connectivity index (χ1) is 15.0. The zero-order valence-electron chi connectivity index (χ0n) is 16.0. The lowest BCUT2D eigenvalue weighted by Crippen LogP contribution is -2.28. The topological polar surface area (TPSA) is 89.2 Å². The Labute approximate surface area is 190 Å². The number of aromatic nitrogens is 2. The van der Waals surface area contributed by atoms with Gasteiger partial charge in [-0.25, -0.2) is 4.98 Å². The number of thiazole rings is 1. The van der Waals surface area contributed by atoms with Gasteiger partial charge in [-0.2, -0.15) is 0 Å². The van der Waals surface area contributed by atoms with E-state index in [4.69, 9.17) is 0 Å². The predicted octanol–water partition coefficient (Wildman–Crippen LogP) is 5.61. The molecule has 0 N–H and O–H groups in total. The zero-order chi connectivity index (χ0) is 21.8. The lowest BCUT2D eigenvalue weighted by atomic mass is 10.2. The number of carbonyl (C=O) groups is 1. The van der Waals surface area contributed by atoms with Crippen molar-refractivity contribution in [3.63, 3.8) is 0 Å². The Bertz CT molecular complexity index is 1290. The molecule has 0 radical (unpaired) electrons. The SMILES string of the molecule is O=C(/C=C/c1cccc([N+](=O)[O-])c1)N(Cc1cccnc1)c1nc2ccc(Br)cc2s1. The number of anilines is 1. The van der Waals surface area contributed by atoms with E-state index in [9.17, 15) is 14.9 Å². The number of carbonyl (C=O) groups excluding carboxylic acids is 1. The van der Waals surface area contributed by atoms with Crippen LogP contribution in [-0.2, 0) is 11.3 Å². The molecule has 0 bridgehead atoms. The van der Waals surface area contributed by atoms with Gasteiger partial charge in [-0.05, 0) is 41.5 Å². The fourth-order valence-corrected chi connectivity index (χ4v) is 4.44. The zero-order valence-corrected chi connectivity index (χ0v) is 18.4. The van der Waals surface area contributed by atoms with Crippen LogP contribution in [0.5, 0.6) is 0 Å². The van der Waals surface area contributed by atoms with Crippen molar-refractivity contribution < 1.29 is 9.72 Å². The summed E-state index contributed by atoms with van der Waals surface area (Å²) >= 11 is 4.87. The minimum atomic E-state index is -0.465. The average molecular weight is 495 g/mol. The Kier molecular flexibility index (Phi) is 6.15. The second-order valence-corrected chi connectivity index (χ2v) is 8.50. The van der Waals surface area contributed by atoms with Crippen LogP contribution in [0.3, 0.4) is 0 Å². The van der Waals surface area contributed by atoms with Crippen molar-refractivity contribution in [2.24, 2.45) is 0 Å². The van der Waals surface area contributed by atoms with E-state index in [2.05, 4.69) is 25.9 Å². The number of rotatable bonds is 6. The summed E-state index contributed by atoms with van der Waals surface area (Å²) in [5, 5.41) is 11.5. The summed E-state index contributed by atoms with van der Waals surface area (Å²) in [6, 6.07) is 15.6. The maximum atomic E-state index is 13.1. The minimum absolute atomic E-state index is 0.0291. The van der Waals surface area contributed by atoms with E-state index in [0.29, 0.717) is 17.2 Å². The van der Waals surface area contributed by atoms with Gasteiger partial charge in [-0.15, -0.1) is 0 Å². The highest BCUT2D eigenvalue weighted by Crippen LogP contribution is 2.32. The van der Waals surface area contributed by atoms with E-state index in [-0.39, 0.29) is 11.6 Å². The van der Waals surface area contributed by atoms with Crippen LogP contribution in [0.2, 0.25) is 0 Å². The summed E-state index contributed by atoms with van der Waals surface area (Å²) in [6.07, 6.45) is 6.34. The number of non-ortho nitro benzene ring substituents is 1. The van der Waals surface area contributed by atoms with Gasteiger partial charge in [0.15, 0.2) is 5.13 Å². The molecule has 0 spiro atoms. The fourth-order valence-electron chi connectivity index (χ4n) is 2.92. The van der Waals surface area contributed by atoms with Crippen LogP contribution in [0.15, 0.2) is 77.5 Å². The molecule has 31 heavy (non-hydrogen) atoms. The Balaban J connectivity index is 1.66. The predicted molar refractivity (Wildman–Crippen MR) is 125 cm³/mol. The van der Waals surface area contributed by atoms with Gasteiger partial charge in [0.2, 0.25) is 0 Å². The third kappa shape index (κ3) is 5.01. The quantitative estimate of drug-likeness (QED) is 0.197. The Morgan fingerprint density at radius 1 is 1.19 bits per heavy atom. The maximum absolute atomic E-state index is 13.1. The summed E-state index contributed by atoms with van der Waals surface area (Å²) in [4.78, 5) is 34.0. The number of nitro benzene ring substituents is 1. The first-order valence-corrected chi connectivity index (χ1v) is 10.8. The number of nitrogens with zero attached hydrogens (tertiary/aromatic N) is 4. The second-order valence-electron chi connectivity index (χ2n) is 6.58. The van der Waals surface area contributed by atoms with Crippen molar-refractivity contribution in [3.8, 4) is 0 Å². The number of benzene rings is 2. The number of nitro groups is 1. The molecule has 2 aromatic carbocycles. The van der Waals surface area contributed by atoms with Crippen LogP contribution in [0.4, 0.5) is 10.8 Å². The van der Waals surface area contributed by atoms with Crippen LogP contribution >= 0.6 is 27.3 Å². The van der Waals surface area contributed by atoms with Crippen molar-refractivity contribution in [1.29, 1.82) is 0 Å². The molecule has 1 amide bonds. The Morgan fingerprint density at radius 3 is 2.84 bits per heavy atom. The average Bonchev–Trinajstić information content (AvgIpc) is 3.19. The lowest BCUT2D eigenvalue weighted by molar-refractivity contribution is -0.384. The van der Waals surface area contributed by atoms with Crippen LogP contribution < -0.4 is 4.90 Å². The van der Waals surface area contributed by atoms with Crippen LogP contribution in [0.1, 0.15) is 11.1 Å². The molecule has 0 fully saturated rings. The molecule has 4 rings (SSSR count). The van der Waals surface area contributed by atoms with E-state index < -0.39 is 4.92 Å². The molecule has 154 valence electrons. The largest absolute Gasteiger partial charge is 0.280 e. The number of hydrogen-bond donors (Lipinski definition) is 0. The molecule has 4 aromatic rings. The highest BCUT2D eigenvalue weighted by molar-refractivity contribution is 9.10. The monoisotopic (exact) mass is 494 g/mol. The molecular weight excluding hydrogens is 480 g/mol. The number of halogens is 1. The van der Waals surface area contributed by atoms with Gasteiger partial charge < -0.3 is 0 Å². The van der Waals surface area contributed by atoms with E-state index in [0.717, 1.165) is 20.3 Å². The summed E-state index contributed by atoms with van der Waals surface area (Å²) in [5.74, 6) is -0.284. The van der Waals surface area contributed by atoms with E-state index in [1.54, 1.807) is 35.5 Å². The first kappa shape index (κ1) is 20.8. The standard InChI is InChI=1S/C22H15BrN4O3S/c23-17-7-8-19-20(12-17)31-22(25-19)26(14-16-4-2-10-24-13-16)21(28)9-6-15-3-1-5-18(11-15)27(29)30/h1-13H,14H2/b9-6+. The van der Waals surface area contributed by atoms with E-state index in [1.165, 1.54) is 29.5 Å². The van der Waals surface area contributed by atoms with E-state index >= 15 is 0 Å². The van der Waals surface area contributed by atoms with Crippen molar-refractivity contribution >= 4 is 60.3 Å². The molecule has 0 atom stereocenters. The maximum Gasteiger partial charge on any atom is 0.270 e. The highest BCUT2D eigenvalue weighted by Gasteiger charge is 2.19. The summed E-state index contributed by atoms with van der Waals surface area (Å²) in [7, 11) is 0. The van der Waals surface area contributed by atoms with Gasteiger partial charge in [0.25, 0.3) is 11.6 Å². The molecule has 0 unspecified atom stereocenters. The van der Waals surface area contributed by atoms with Gasteiger partial charge in [0.1, 0.15) is 0 Å². The van der Waals surface area contributed by atoms with Crippen molar-refractivity contribution in [1.82, 2.24) is 9.97 Å². The number of amides is 1. The number of fused-ring (bicyclic) bond motifs is 1. The molecule has 0 saturated carbocycles. The van der Waals surface area contributed by atoms with Crippen LogP contribution in [0.25, 0.3) is 16.3 Å². The summed E-state index contributed by atoms with van der Waals surface area (Å²) in [5.41, 5.74) is 2.20. The third-order valence-corrected chi connectivity index (χ3v) is 5.93. The fraction of sp³-hybridized carbons (Fsp3) is 0.0455. The van der Waals surface area contributed by atoms with Gasteiger partial charge >= 0.3 is 0 Å². The van der Waals surface area contributed by atoms with Crippen molar-refractivity contribution in [3.05, 3.63) is 98.8 Å². The van der Waals surface area contributed by atoms with Gasteiger partial charge in [-0.3, -0.25) is 24.8 Å².